The number of cyclic esters (lactones) is 1. The Morgan fingerprint density at radius 2 is 1.44 bits per heavy atom. The number of aliphatic hydroxyl groups excluding tert-OH is 1. The first-order valence-electron chi connectivity index (χ1n) is 15.9. The van der Waals surface area contributed by atoms with E-state index in [0.717, 1.165) is 102 Å². The van der Waals surface area contributed by atoms with Gasteiger partial charge < -0.3 is 9.84 Å². The average Bonchev–Trinajstić information content (AvgIpc) is 3.01. The number of unbranched alkanes of at least 4 members (excludes halogenated alkanes) is 6. The molecule has 3 aromatic rings. The number of carbonyl (C=O) groups is 3. The van der Waals surface area contributed by atoms with E-state index in [-0.39, 0.29) is 23.8 Å². The highest BCUT2D eigenvalue weighted by Crippen LogP contribution is 2.47. The van der Waals surface area contributed by atoms with Gasteiger partial charge in [0.05, 0.1) is 0 Å². The number of nitrogens with zero attached hydrogens (tertiary/aromatic N) is 1. The van der Waals surface area contributed by atoms with E-state index in [1.54, 1.807) is 11.0 Å². The van der Waals surface area contributed by atoms with Gasteiger partial charge in [0.25, 0.3) is 17.8 Å². The summed E-state index contributed by atoms with van der Waals surface area (Å²) in [6.45, 7) is 4.39. The zero-order valence-electron chi connectivity index (χ0n) is 24.9. The standard InChI is InChI=1S/C37H37NO5/c1-3-5-7-9-11-21(12-10-8-6-4-2)38-34(39)26-17-13-22-24-15-19-28-33-29(37(42)43-36(28)41)20-16-25(31(24)33)23-14-18-27(35(38)40)32(26)30(22)23/h13-21,33,41H,3-12H2,1-2H3. The lowest BCUT2D eigenvalue weighted by atomic mass is 9.72. The third-order valence-electron chi connectivity index (χ3n) is 9.81. The van der Waals surface area contributed by atoms with Gasteiger partial charge in [-0.1, -0.05) is 102 Å². The van der Waals surface area contributed by atoms with Gasteiger partial charge in [0.15, 0.2) is 0 Å². The van der Waals surface area contributed by atoms with Crippen LogP contribution in [0, 0.1) is 0 Å². The van der Waals surface area contributed by atoms with Gasteiger partial charge in [-0.15, -0.1) is 0 Å². The molecule has 0 bridgehead atoms. The van der Waals surface area contributed by atoms with Gasteiger partial charge in [0.2, 0.25) is 0 Å². The summed E-state index contributed by atoms with van der Waals surface area (Å²) < 4.78 is 5.12. The maximum absolute atomic E-state index is 14.2. The molecule has 2 aliphatic heterocycles. The molecule has 1 atom stereocenters. The fourth-order valence-electron chi connectivity index (χ4n) is 7.71. The number of esters is 1. The zero-order valence-corrected chi connectivity index (χ0v) is 24.9. The van der Waals surface area contributed by atoms with Gasteiger partial charge in [-0.3, -0.25) is 14.5 Å². The largest absolute Gasteiger partial charge is 0.480 e. The van der Waals surface area contributed by atoms with Crippen LogP contribution in [0.2, 0.25) is 0 Å². The number of amides is 2. The summed E-state index contributed by atoms with van der Waals surface area (Å²) in [5, 5.41) is 14.9. The molecule has 2 aliphatic carbocycles. The summed E-state index contributed by atoms with van der Waals surface area (Å²) in [5.74, 6) is -1.71. The van der Waals surface area contributed by atoms with Crippen LogP contribution in [0.15, 0.2) is 53.5 Å². The fourth-order valence-corrected chi connectivity index (χ4v) is 7.71. The van der Waals surface area contributed by atoms with Crippen molar-refractivity contribution >= 4 is 51.5 Å². The van der Waals surface area contributed by atoms with E-state index in [1.807, 2.05) is 42.5 Å². The van der Waals surface area contributed by atoms with Crippen LogP contribution in [0.4, 0.5) is 0 Å². The number of ether oxygens (including phenoxy) is 1. The first-order chi connectivity index (χ1) is 21.0. The summed E-state index contributed by atoms with van der Waals surface area (Å²) in [4.78, 5) is 42.7. The number of fused-ring (bicyclic) bond motifs is 2. The van der Waals surface area contributed by atoms with E-state index >= 15 is 0 Å². The Labute approximate surface area is 251 Å². The van der Waals surface area contributed by atoms with Crippen molar-refractivity contribution in [3.8, 4) is 0 Å². The number of imide groups is 1. The SMILES string of the molecule is CCCCCCC(CCCCCC)N1C(=O)c2ccc3c4c5c(c6ccc(c2c36)C1=O)=CC=C1C(=O)OC(O)=C(C=C4)C15. The molecule has 1 unspecified atom stereocenters. The quantitative estimate of drug-likeness (QED) is 0.143. The molecule has 1 N–H and O–H groups in total. The number of hydrogen-bond acceptors (Lipinski definition) is 5. The molecular weight excluding hydrogens is 538 g/mol. The molecular formula is C37H37NO5. The molecule has 4 aliphatic rings. The number of carbonyl (C=O) groups excluding carboxylic acids is 3. The number of rotatable bonds is 11. The number of allylic oxidation sites excluding steroid dienone is 3. The lowest BCUT2D eigenvalue weighted by Crippen LogP contribution is -2.47. The van der Waals surface area contributed by atoms with Crippen LogP contribution in [0.3, 0.4) is 0 Å². The normalized spacial score (nSPS) is 18.5. The lowest BCUT2D eigenvalue weighted by molar-refractivity contribution is -0.140. The molecule has 0 fully saturated rings. The zero-order chi connectivity index (χ0) is 29.8. The Balaban J connectivity index is 1.37. The molecule has 0 saturated carbocycles. The number of benzene rings is 3. The molecule has 43 heavy (non-hydrogen) atoms. The van der Waals surface area contributed by atoms with E-state index < -0.39 is 11.9 Å². The predicted molar refractivity (Wildman–Crippen MR) is 169 cm³/mol. The van der Waals surface area contributed by atoms with E-state index in [1.165, 1.54) is 0 Å². The topological polar surface area (TPSA) is 83.9 Å². The summed E-state index contributed by atoms with van der Waals surface area (Å²) >= 11 is 0. The third kappa shape index (κ3) is 4.17. The summed E-state index contributed by atoms with van der Waals surface area (Å²) in [7, 11) is 0. The van der Waals surface area contributed by atoms with Crippen molar-refractivity contribution in [1.29, 1.82) is 0 Å². The fraction of sp³-hybridized carbons (Fsp3) is 0.378. The molecule has 2 amide bonds. The first-order valence-corrected chi connectivity index (χ1v) is 15.9. The monoisotopic (exact) mass is 575 g/mol. The van der Waals surface area contributed by atoms with Gasteiger partial charge in [-0.2, -0.15) is 0 Å². The smallest absolute Gasteiger partial charge is 0.342 e. The van der Waals surface area contributed by atoms with Crippen LogP contribution in [-0.2, 0) is 9.53 Å². The maximum atomic E-state index is 14.2. The van der Waals surface area contributed by atoms with E-state index in [9.17, 15) is 19.5 Å². The van der Waals surface area contributed by atoms with Crippen LogP contribution in [0.25, 0.3) is 33.7 Å². The molecule has 3 aromatic carbocycles. The Bertz CT molecular complexity index is 1820. The highest BCUT2D eigenvalue weighted by atomic mass is 16.6. The second-order valence-electron chi connectivity index (χ2n) is 12.4. The van der Waals surface area contributed by atoms with Gasteiger partial charge in [0.1, 0.15) is 0 Å². The second-order valence-corrected chi connectivity index (χ2v) is 12.4. The first kappa shape index (κ1) is 27.6. The Hall–Kier alpha value is -4.19. The average molecular weight is 576 g/mol. The van der Waals surface area contributed by atoms with E-state index in [0.29, 0.717) is 22.3 Å². The van der Waals surface area contributed by atoms with Crippen molar-refractivity contribution in [2.45, 2.75) is 90.0 Å². The van der Waals surface area contributed by atoms with Crippen molar-refractivity contribution < 1.29 is 24.2 Å². The minimum Gasteiger partial charge on any atom is -0.480 e. The molecule has 7 rings (SSSR count). The molecule has 0 aromatic heterocycles. The van der Waals surface area contributed by atoms with E-state index in [4.69, 9.17) is 4.74 Å². The molecule has 220 valence electrons. The minimum absolute atomic E-state index is 0.103. The molecule has 0 spiro atoms. The van der Waals surface area contributed by atoms with Crippen LogP contribution in [0.5, 0.6) is 0 Å². The van der Waals surface area contributed by atoms with Gasteiger partial charge in [0, 0.05) is 39.6 Å². The van der Waals surface area contributed by atoms with E-state index in [2.05, 4.69) is 13.8 Å². The maximum Gasteiger partial charge on any atom is 0.342 e. The van der Waals surface area contributed by atoms with Crippen molar-refractivity contribution in [3.63, 3.8) is 0 Å². The summed E-state index contributed by atoms with van der Waals surface area (Å²) in [6, 6.07) is 7.64. The van der Waals surface area contributed by atoms with Crippen LogP contribution >= 0.6 is 0 Å². The highest BCUT2D eigenvalue weighted by molar-refractivity contribution is 6.31. The van der Waals surface area contributed by atoms with Crippen LogP contribution in [-0.4, -0.2) is 33.8 Å². The Kier molecular flexibility index (Phi) is 6.95. The number of aliphatic hydroxyl groups is 1. The van der Waals surface area contributed by atoms with Crippen LogP contribution in [0.1, 0.15) is 116 Å². The van der Waals surface area contributed by atoms with Gasteiger partial charge >= 0.3 is 5.97 Å². The molecule has 6 nitrogen and oxygen atoms in total. The van der Waals surface area contributed by atoms with Gasteiger partial charge in [-0.25, -0.2) is 4.79 Å². The molecule has 2 heterocycles. The number of hydrogen-bond donors (Lipinski definition) is 1. The van der Waals surface area contributed by atoms with Crippen LogP contribution < -0.4 is 5.22 Å². The molecule has 0 saturated heterocycles. The van der Waals surface area contributed by atoms with Crippen molar-refractivity contribution in [3.05, 3.63) is 81.0 Å². The molecule has 0 radical (unpaired) electrons. The van der Waals surface area contributed by atoms with Crippen molar-refractivity contribution in [2.24, 2.45) is 0 Å². The second kappa shape index (κ2) is 10.8. The predicted octanol–water partition coefficient (Wildman–Crippen LogP) is 7.77. The summed E-state index contributed by atoms with van der Waals surface area (Å²) in [5.41, 5.74) is 4.11. The Morgan fingerprint density at radius 1 is 0.791 bits per heavy atom. The van der Waals surface area contributed by atoms with Crippen molar-refractivity contribution in [2.75, 3.05) is 0 Å². The van der Waals surface area contributed by atoms with Crippen molar-refractivity contribution in [1.82, 2.24) is 4.90 Å². The minimum atomic E-state index is -0.546. The Morgan fingerprint density at radius 3 is 2.09 bits per heavy atom. The molecule has 6 heteroatoms. The summed E-state index contributed by atoms with van der Waals surface area (Å²) in [6.07, 6.45) is 18.0. The third-order valence-corrected chi connectivity index (χ3v) is 9.81. The highest BCUT2D eigenvalue weighted by Gasteiger charge is 2.42. The van der Waals surface area contributed by atoms with Gasteiger partial charge in [-0.05, 0) is 57.5 Å². The lowest BCUT2D eigenvalue weighted by Gasteiger charge is -2.36.